The molecule has 2 amide bonds. The van der Waals surface area contributed by atoms with E-state index in [1.54, 1.807) is 33.3 Å². The summed E-state index contributed by atoms with van der Waals surface area (Å²) in [5.41, 5.74) is 3.45. The standard InChI is InChI=1S/C19H22FN7O3S/c1-12(28)21-8-15-9-26(13(2)30-15)14-3-4-17(16(20)7-14)25-5-6-27(22-11-25)19-24-23-18(29)10-31-19/h3-4,7,11,15H,2,5-6,8-10H2,1H3,(H,21,28)(H,23,29)/t15-/m0/s1. The average molecular weight is 447 g/mol. The minimum atomic E-state index is -0.396. The maximum atomic E-state index is 14.9. The molecule has 0 aromatic heterocycles. The summed E-state index contributed by atoms with van der Waals surface area (Å²) in [6.45, 7) is 7.16. The van der Waals surface area contributed by atoms with E-state index in [0.717, 1.165) is 0 Å². The molecular formula is C19H22FN7O3S. The van der Waals surface area contributed by atoms with Crippen LogP contribution in [-0.4, -0.2) is 66.4 Å². The molecule has 3 aliphatic rings. The highest BCUT2D eigenvalue weighted by Crippen LogP contribution is 2.30. The van der Waals surface area contributed by atoms with Gasteiger partial charge in [0.15, 0.2) is 5.88 Å². The van der Waals surface area contributed by atoms with Crippen LogP contribution in [0.4, 0.5) is 15.8 Å². The number of thioether (sulfide) groups is 1. The van der Waals surface area contributed by atoms with Crippen LogP contribution in [0, 0.1) is 5.82 Å². The molecule has 4 rings (SSSR count). The quantitative estimate of drug-likeness (QED) is 0.705. The Morgan fingerprint density at radius 3 is 2.94 bits per heavy atom. The zero-order valence-corrected chi connectivity index (χ0v) is 17.7. The number of anilines is 2. The highest BCUT2D eigenvalue weighted by Gasteiger charge is 2.29. The Morgan fingerprint density at radius 2 is 2.29 bits per heavy atom. The SMILES string of the molecule is C=C1O[C@@H](CNC(C)=O)CN1c1ccc(N2C=NN(C3=NNC(=O)CS3)CC2)c(F)c1. The maximum Gasteiger partial charge on any atom is 0.250 e. The smallest absolute Gasteiger partial charge is 0.250 e. The average Bonchev–Trinajstić information content (AvgIpc) is 3.13. The minimum Gasteiger partial charge on any atom is -0.472 e. The van der Waals surface area contributed by atoms with Gasteiger partial charge in [0.05, 0.1) is 31.1 Å². The number of benzene rings is 1. The van der Waals surface area contributed by atoms with Gasteiger partial charge in [-0.15, -0.1) is 5.10 Å². The van der Waals surface area contributed by atoms with E-state index in [1.807, 2.05) is 0 Å². The van der Waals surface area contributed by atoms with Gasteiger partial charge in [0, 0.05) is 19.2 Å². The van der Waals surface area contributed by atoms with E-state index in [1.165, 1.54) is 24.8 Å². The number of halogens is 1. The predicted molar refractivity (Wildman–Crippen MR) is 117 cm³/mol. The Balaban J connectivity index is 1.41. The van der Waals surface area contributed by atoms with Gasteiger partial charge < -0.3 is 19.9 Å². The summed E-state index contributed by atoms with van der Waals surface area (Å²) in [5, 5.41) is 13.3. The third kappa shape index (κ3) is 4.74. The van der Waals surface area contributed by atoms with Gasteiger partial charge in [-0.05, 0) is 24.8 Å². The molecule has 0 bridgehead atoms. The second-order valence-corrected chi connectivity index (χ2v) is 8.03. The van der Waals surface area contributed by atoms with Crippen LogP contribution >= 0.6 is 11.8 Å². The van der Waals surface area contributed by atoms with Crippen LogP contribution in [0.1, 0.15) is 6.92 Å². The molecule has 0 saturated carbocycles. The summed E-state index contributed by atoms with van der Waals surface area (Å²) in [6.07, 6.45) is 1.30. The van der Waals surface area contributed by atoms with Gasteiger partial charge in [0.25, 0.3) is 5.91 Å². The molecule has 12 heteroatoms. The fourth-order valence-corrected chi connectivity index (χ4v) is 4.04. The normalized spacial score (nSPS) is 21.0. The molecule has 2 N–H and O–H groups in total. The van der Waals surface area contributed by atoms with Crippen LogP contribution in [0.25, 0.3) is 0 Å². The van der Waals surface area contributed by atoms with Gasteiger partial charge in [-0.1, -0.05) is 11.8 Å². The first-order valence-corrected chi connectivity index (χ1v) is 10.6. The Kier molecular flexibility index (Phi) is 5.98. The van der Waals surface area contributed by atoms with Crippen molar-refractivity contribution in [3.8, 4) is 0 Å². The molecule has 164 valence electrons. The van der Waals surface area contributed by atoms with Gasteiger partial charge in [0.1, 0.15) is 18.3 Å². The van der Waals surface area contributed by atoms with Crippen molar-refractivity contribution in [2.24, 2.45) is 10.2 Å². The number of carbonyl (C=O) groups excluding carboxylic acids is 2. The molecule has 0 spiro atoms. The van der Waals surface area contributed by atoms with E-state index in [2.05, 4.69) is 27.5 Å². The van der Waals surface area contributed by atoms with Crippen LogP contribution in [0.5, 0.6) is 0 Å². The minimum absolute atomic E-state index is 0.135. The summed E-state index contributed by atoms with van der Waals surface area (Å²) in [7, 11) is 0. The van der Waals surface area contributed by atoms with E-state index in [0.29, 0.717) is 54.4 Å². The van der Waals surface area contributed by atoms with E-state index in [9.17, 15) is 14.0 Å². The van der Waals surface area contributed by atoms with Gasteiger partial charge in [-0.25, -0.2) is 14.8 Å². The van der Waals surface area contributed by atoms with Crippen molar-refractivity contribution in [3.05, 3.63) is 36.5 Å². The molecular weight excluding hydrogens is 425 g/mol. The van der Waals surface area contributed by atoms with Crippen molar-refractivity contribution in [3.63, 3.8) is 0 Å². The lowest BCUT2D eigenvalue weighted by atomic mass is 10.2. The fraction of sp³-hybridized carbons (Fsp3) is 0.368. The largest absolute Gasteiger partial charge is 0.472 e. The molecule has 0 radical (unpaired) electrons. The summed E-state index contributed by atoms with van der Waals surface area (Å²) in [4.78, 5) is 25.8. The lowest BCUT2D eigenvalue weighted by Crippen LogP contribution is -2.42. The van der Waals surface area contributed by atoms with E-state index in [4.69, 9.17) is 4.74 Å². The number of hydrogen-bond donors (Lipinski definition) is 2. The van der Waals surface area contributed by atoms with Gasteiger partial charge >= 0.3 is 0 Å². The molecule has 0 unspecified atom stereocenters. The lowest BCUT2D eigenvalue weighted by molar-refractivity contribution is -0.119. The van der Waals surface area contributed by atoms with Crippen LogP contribution < -0.4 is 20.5 Å². The molecule has 1 aromatic carbocycles. The van der Waals surface area contributed by atoms with Crippen LogP contribution in [0.15, 0.2) is 40.9 Å². The number of nitrogens with zero attached hydrogens (tertiary/aromatic N) is 5. The second-order valence-electron chi connectivity index (χ2n) is 7.08. The fourth-order valence-electron chi connectivity index (χ4n) is 3.32. The van der Waals surface area contributed by atoms with Gasteiger partial charge in [0.2, 0.25) is 11.1 Å². The van der Waals surface area contributed by atoms with Crippen molar-refractivity contribution >= 4 is 46.5 Å². The van der Waals surface area contributed by atoms with Crippen molar-refractivity contribution in [2.75, 3.05) is 41.7 Å². The molecule has 0 aliphatic carbocycles. The summed E-state index contributed by atoms with van der Waals surface area (Å²) in [6, 6.07) is 4.92. The number of amidine groups is 1. The first-order chi connectivity index (χ1) is 14.9. The first-order valence-electron chi connectivity index (χ1n) is 9.65. The number of rotatable bonds is 4. The van der Waals surface area contributed by atoms with Gasteiger partial charge in [-0.2, -0.15) is 5.10 Å². The summed E-state index contributed by atoms with van der Waals surface area (Å²) >= 11 is 1.31. The summed E-state index contributed by atoms with van der Waals surface area (Å²) in [5.74, 6) is 0.0272. The zero-order valence-electron chi connectivity index (χ0n) is 16.9. The van der Waals surface area contributed by atoms with Crippen molar-refractivity contribution in [2.45, 2.75) is 13.0 Å². The Bertz CT molecular complexity index is 970. The van der Waals surface area contributed by atoms with E-state index in [-0.39, 0.29) is 17.9 Å². The Morgan fingerprint density at radius 1 is 1.45 bits per heavy atom. The number of amides is 2. The van der Waals surface area contributed by atoms with Crippen LogP contribution in [-0.2, 0) is 14.3 Å². The number of hydrazone groups is 2. The number of hydrogen-bond acceptors (Lipinski definition) is 9. The molecule has 1 aromatic rings. The van der Waals surface area contributed by atoms with E-state index >= 15 is 0 Å². The number of ether oxygens (including phenoxy) is 1. The third-order valence-corrected chi connectivity index (χ3v) is 5.80. The molecule has 3 heterocycles. The molecule has 3 aliphatic heterocycles. The monoisotopic (exact) mass is 447 g/mol. The summed E-state index contributed by atoms with van der Waals surface area (Å²) < 4.78 is 20.6. The van der Waals surface area contributed by atoms with Crippen molar-refractivity contribution < 1.29 is 18.7 Å². The molecule has 1 atom stereocenters. The van der Waals surface area contributed by atoms with Crippen LogP contribution in [0.2, 0.25) is 0 Å². The topological polar surface area (TPSA) is 102 Å². The van der Waals surface area contributed by atoms with Crippen molar-refractivity contribution in [1.29, 1.82) is 0 Å². The van der Waals surface area contributed by atoms with Crippen LogP contribution in [0.3, 0.4) is 0 Å². The second kappa shape index (κ2) is 8.84. The first kappa shape index (κ1) is 21.0. The number of nitrogens with one attached hydrogen (secondary N) is 2. The highest BCUT2D eigenvalue weighted by molar-refractivity contribution is 8.14. The van der Waals surface area contributed by atoms with E-state index < -0.39 is 5.82 Å². The Hall–Kier alpha value is -3.28. The lowest BCUT2D eigenvalue weighted by Gasteiger charge is -2.31. The maximum absolute atomic E-state index is 14.9. The predicted octanol–water partition coefficient (Wildman–Crippen LogP) is 0.837. The van der Waals surface area contributed by atoms with Gasteiger partial charge in [-0.3, -0.25) is 9.59 Å². The molecule has 10 nitrogen and oxygen atoms in total. The Labute approximate surface area is 182 Å². The molecule has 1 saturated heterocycles. The number of carbonyl (C=O) groups is 2. The van der Waals surface area contributed by atoms with Crippen molar-refractivity contribution in [1.82, 2.24) is 15.8 Å². The highest BCUT2D eigenvalue weighted by atomic mass is 32.2. The zero-order chi connectivity index (χ0) is 22.0. The molecule has 31 heavy (non-hydrogen) atoms. The third-order valence-electron chi connectivity index (χ3n) is 4.83. The molecule has 1 fully saturated rings.